The topological polar surface area (TPSA) is 75.6 Å². The van der Waals surface area contributed by atoms with Gasteiger partial charge in [-0.1, -0.05) is 24.3 Å². The van der Waals surface area contributed by atoms with Gasteiger partial charge in [-0.25, -0.2) is 9.18 Å². The Kier molecular flexibility index (Phi) is 5.89. The smallest absolute Gasteiger partial charge is 0.326 e. The molecule has 5 nitrogen and oxygen atoms in total. The first-order valence-electron chi connectivity index (χ1n) is 7.37. The number of nitrogens with one attached hydrogen (secondary N) is 1. The first kappa shape index (κ1) is 17.5. The number of amides is 1. The van der Waals surface area contributed by atoms with Gasteiger partial charge < -0.3 is 15.2 Å². The second-order valence-corrected chi connectivity index (χ2v) is 5.32. The summed E-state index contributed by atoms with van der Waals surface area (Å²) in [5.74, 6) is -1.37. The molecule has 2 aromatic rings. The first-order valence-corrected chi connectivity index (χ1v) is 7.37. The summed E-state index contributed by atoms with van der Waals surface area (Å²) in [6.07, 6.45) is 0.0678. The molecule has 0 saturated carbocycles. The maximum atomic E-state index is 13.1. The number of aliphatic carboxylic acids is 1. The van der Waals surface area contributed by atoms with E-state index in [2.05, 4.69) is 5.32 Å². The number of carboxylic acids is 1. The molecule has 0 aliphatic rings. The summed E-state index contributed by atoms with van der Waals surface area (Å²) in [6, 6.07) is 11.5. The highest BCUT2D eigenvalue weighted by Gasteiger charge is 2.20. The SMILES string of the molecule is COc1ccc(C[C@H](NC(=O)Cc2cccc(F)c2)C(=O)O)cc1. The molecule has 126 valence electrons. The number of rotatable bonds is 7. The summed E-state index contributed by atoms with van der Waals surface area (Å²) in [5.41, 5.74) is 1.25. The van der Waals surface area contributed by atoms with Gasteiger partial charge in [0.25, 0.3) is 0 Å². The number of benzene rings is 2. The van der Waals surface area contributed by atoms with Crippen LogP contribution in [0.2, 0.25) is 0 Å². The van der Waals surface area contributed by atoms with Crippen molar-refractivity contribution in [2.24, 2.45) is 0 Å². The Bertz CT molecular complexity index is 715. The van der Waals surface area contributed by atoms with E-state index in [1.807, 2.05) is 0 Å². The van der Waals surface area contributed by atoms with Crippen molar-refractivity contribution in [3.63, 3.8) is 0 Å². The zero-order chi connectivity index (χ0) is 17.5. The molecule has 1 atom stereocenters. The van der Waals surface area contributed by atoms with Crippen molar-refractivity contribution < 1.29 is 23.8 Å². The largest absolute Gasteiger partial charge is 0.497 e. The predicted molar refractivity (Wildman–Crippen MR) is 86.4 cm³/mol. The summed E-state index contributed by atoms with van der Waals surface area (Å²) in [7, 11) is 1.54. The van der Waals surface area contributed by atoms with E-state index in [1.165, 1.54) is 18.2 Å². The van der Waals surface area contributed by atoms with E-state index in [4.69, 9.17) is 4.74 Å². The highest BCUT2D eigenvalue weighted by molar-refractivity contribution is 5.85. The third-order valence-electron chi connectivity index (χ3n) is 3.49. The molecule has 0 fully saturated rings. The molecule has 0 aliphatic heterocycles. The van der Waals surface area contributed by atoms with Crippen LogP contribution in [-0.2, 0) is 22.4 Å². The molecule has 0 unspecified atom stereocenters. The van der Waals surface area contributed by atoms with E-state index in [0.717, 1.165) is 5.56 Å². The second kappa shape index (κ2) is 8.10. The van der Waals surface area contributed by atoms with Crippen LogP contribution in [-0.4, -0.2) is 30.1 Å². The molecule has 2 aromatic carbocycles. The Hall–Kier alpha value is -2.89. The van der Waals surface area contributed by atoms with Crippen LogP contribution in [0.25, 0.3) is 0 Å². The van der Waals surface area contributed by atoms with Gasteiger partial charge in [0.15, 0.2) is 0 Å². The Morgan fingerprint density at radius 2 is 1.88 bits per heavy atom. The molecule has 0 bridgehead atoms. The fourth-order valence-electron chi connectivity index (χ4n) is 2.28. The number of carbonyl (C=O) groups is 2. The minimum atomic E-state index is -1.13. The van der Waals surface area contributed by atoms with Crippen molar-refractivity contribution in [3.05, 3.63) is 65.5 Å². The number of carbonyl (C=O) groups excluding carboxylic acids is 1. The molecule has 24 heavy (non-hydrogen) atoms. The third kappa shape index (κ3) is 5.08. The van der Waals surface area contributed by atoms with Gasteiger partial charge in [0, 0.05) is 6.42 Å². The molecule has 0 aliphatic carbocycles. The Labute approximate surface area is 139 Å². The zero-order valence-corrected chi connectivity index (χ0v) is 13.2. The average Bonchev–Trinajstić information content (AvgIpc) is 2.54. The van der Waals surface area contributed by atoms with E-state index in [-0.39, 0.29) is 12.8 Å². The number of hydrogen-bond donors (Lipinski definition) is 2. The normalized spacial score (nSPS) is 11.6. The summed E-state index contributed by atoms with van der Waals surface area (Å²) in [6.45, 7) is 0. The van der Waals surface area contributed by atoms with Crippen LogP contribution in [0.15, 0.2) is 48.5 Å². The quantitative estimate of drug-likeness (QED) is 0.815. The van der Waals surface area contributed by atoms with Crippen LogP contribution in [0, 0.1) is 5.82 Å². The lowest BCUT2D eigenvalue weighted by Crippen LogP contribution is -2.43. The number of ether oxygens (including phenoxy) is 1. The minimum Gasteiger partial charge on any atom is -0.497 e. The van der Waals surface area contributed by atoms with Crippen molar-refractivity contribution in [3.8, 4) is 5.75 Å². The van der Waals surface area contributed by atoms with E-state index in [1.54, 1.807) is 37.4 Å². The highest BCUT2D eigenvalue weighted by Crippen LogP contribution is 2.13. The molecule has 1 amide bonds. The maximum absolute atomic E-state index is 13.1. The van der Waals surface area contributed by atoms with Gasteiger partial charge in [-0.2, -0.15) is 0 Å². The monoisotopic (exact) mass is 331 g/mol. The average molecular weight is 331 g/mol. The fourth-order valence-corrected chi connectivity index (χ4v) is 2.28. The van der Waals surface area contributed by atoms with E-state index >= 15 is 0 Å². The lowest BCUT2D eigenvalue weighted by molar-refractivity contribution is -0.141. The third-order valence-corrected chi connectivity index (χ3v) is 3.49. The molecule has 0 aromatic heterocycles. The molecular weight excluding hydrogens is 313 g/mol. The van der Waals surface area contributed by atoms with Crippen LogP contribution in [0.3, 0.4) is 0 Å². The summed E-state index contributed by atoms with van der Waals surface area (Å²) in [5, 5.41) is 11.8. The molecule has 0 radical (unpaired) electrons. The van der Waals surface area contributed by atoms with Crippen LogP contribution in [0.4, 0.5) is 4.39 Å². The molecule has 2 N–H and O–H groups in total. The van der Waals surface area contributed by atoms with Gasteiger partial charge >= 0.3 is 5.97 Å². The van der Waals surface area contributed by atoms with Gasteiger partial charge in [0.05, 0.1) is 13.5 Å². The molecular formula is C18H18FNO4. The van der Waals surface area contributed by atoms with Gasteiger partial charge in [0.2, 0.25) is 5.91 Å². The van der Waals surface area contributed by atoms with Crippen LogP contribution < -0.4 is 10.1 Å². The number of carboxylic acid groups (broad SMARTS) is 1. The maximum Gasteiger partial charge on any atom is 0.326 e. The molecule has 2 rings (SSSR count). The number of hydrogen-bond acceptors (Lipinski definition) is 3. The number of methoxy groups -OCH3 is 1. The Morgan fingerprint density at radius 1 is 1.17 bits per heavy atom. The summed E-state index contributed by atoms with van der Waals surface area (Å²) < 4.78 is 18.2. The van der Waals surface area contributed by atoms with Gasteiger partial charge in [-0.15, -0.1) is 0 Å². The van der Waals surface area contributed by atoms with E-state index in [0.29, 0.717) is 11.3 Å². The Morgan fingerprint density at radius 3 is 2.46 bits per heavy atom. The first-order chi connectivity index (χ1) is 11.5. The van der Waals surface area contributed by atoms with Crippen molar-refractivity contribution in [1.82, 2.24) is 5.32 Å². The number of halogens is 1. The van der Waals surface area contributed by atoms with Gasteiger partial charge in [-0.05, 0) is 35.4 Å². The van der Waals surface area contributed by atoms with Gasteiger partial charge in [0.1, 0.15) is 17.6 Å². The van der Waals surface area contributed by atoms with Crippen molar-refractivity contribution in [2.75, 3.05) is 7.11 Å². The fraction of sp³-hybridized carbons (Fsp3) is 0.222. The molecule has 0 saturated heterocycles. The van der Waals surface area contributed by atoms with Crippen LogP contribution in [0.1, 0.15) is 11.1 Å². The van der Waals surface area contributed by atoms with Crippen molar-refractivity contribution in [1.29, 1.82) is 0 Å². The van der Waals surface area contributed by atoms with Crippen molar-refractivity contribution >= 4 is 11.9 Å². The molecule has 6 heteroatoms. The minimum absolute atomic E-state index is 0.0792. The predicted octanol–water partition coefficient (Wildman–Crippen LogP) is 2.19. The molecule has 0 heterocycles. The standard InChI is InChI=1S/C18H18FNO4/c1-24-15-7-5-12(6-8-15)10-16(18(22)23)20-17(21)11-13-3-2-4-14(19)9-13/h2-9,16H,10-11H2,1H3,(H,20,21)(H,22,23)/t16-/m0/s1. The summed E-state index contributed by atoms with van der Waals surface area (Å²) >= 11 is 0. The molecule has 0 spiro atoms. The zero-order valence-electron chi connectivity index (χ0n) is 13.2. The lowest BCUT2D eigenvalue weighted by Gasteiger charge is -2.15. The van der Waals surface area contributed by atoms with E-state index < -0.39 is 23.7 Å². The second-order valence-electron chi connectivity index (χ2n) is 5.32. The highest BCUT2D eigenvalue weighted by atomic mass is 19.1. The van der Waals surface area contributed by atoms with E-state index in [9.17, 15) is 19.1 Å². The van der Waals surface area contributed by atoms with Crippen LogP contribution >= 0.6 is 0 Å². The van der Waals surface area contributed by atoms with Crippen molar-refractivity contribution in [2.45, 2.75) is 18.9 Å². The van der Waals surface area contributed by atoms with Gasteiger partial charge in [-0.3, -0.25) is 4.79 Å². The lowest BCUT2D eigenvalue weighted by atomic mass is 10.0. The summed E-state index contributed by atoms with van der Waals surface area (Å²) in [4.78, 5) is 23.4. The van der Waals surface area contributed by atoms with Crippen LogP contribution in [0.5, 0.6) is 5.75 Å². The Balaban J connectivity index is 1.99.